The quantitative estimate of drug-likeness (QED) is 0.640. The van der Waals surface area contributed by atoms with E-state index < -0.39 is 22.0 Å². The highest BCUT2D eigenvalue weighted by Crippen LogP contribution is 2.25. The summed E-state index contributed by atoms with van der Waals surface area (Å²) in [4.78, 5) is 21.4. The first-order valence-corrected chi connectivity index (χ1v) is 11.1. The molecule has 3 rings (SSSR count). The van der Waals surface area contributed by atoms with Crippen molar-refractivity contribution in [2.45, 2.75) is 38.6 Å². The molecule has 0 fully saturated rings. The van der Waals surface area contributed by atoms with Crippen LogP contribution >= 0.6 is 11.3 Å². The Kier molecular flexibility index (Phi) is 5.78. The smallest absolute Gasteiger partial charge is 0.243 e. The van der Waals surface area contributed by atoms with Crippen molar-refractivity contribution >= 4 is 43.3 Å². The number of hydrogen-bond acceptors (Lipinski definition) is 6. The fraction of sp³-hybridized carbons (Fsp3) is 0.316. The summed E-state index contributed by atoms with van der Waals surface area (Å²) in [5.74, 6) is -0.322. The number of nitrogens with one attached hydrogen (secondary N) is 2. The summed E-state index contributed by atoms with van der Waals surface area (Å²) in [7, 11) is -3.88. The van der Waals surface area contributed by atoms with Crippen molar-refractivity contribution in [2.24, 2.45) is 5.92 Å². The van der Waals surface area contributed by atoms with Gasteiger partial charge in [0.25, 0.3) is 0 Å². The molecule has 0 aliphatic carbocycles. The molecule has 0 radical (unpaired) electrons. The van der Waals surface area contributed by atoms with E-state index in [4.69, 9.17) is 0 Å². The highest BCUT2D eigenvalue weighted by atomic mass is 32.2. The molecule has 2 heterocycles. The SMILES string of the molecule is Cc1cccc(NC(=O)C(NS(=O)(=O)c2ccc3nc(C)sc3c2)C(C)C)n1. The summed E-state index contributed by atoms with van der Waals surface area (Å²) >= 11 is 1.43. The van der Waals surface area contributed by atoms with E-state index in [9.17, 15) is 13.2 Å². The summed E-state index contributed by atoms with van der Waals surface area (Å²) in [6.45, 7) is 7.25. The van der Waals surface area contributed by atoms with Crippen molar-refractivity contribution in [3.63, 3.8) is 0 Å². The van der Waals surface area contributed by atoms with Gasteiger partial charge in [0, 0.05) is 5.69 Å². The molecule has 1 atom stereocenters. The number of thiazole rings is 1. The molecular formula is C19H22N4O3S2. The fourth-order valence-corrected chi connectivity index (χ4v) is 5.04. The van der Waals surface area contributed by atoms with Crippen molar-refractivity contribution in [1.82, 2.24) is 14.7 Å². The maximum absolute atomic E-state index is 12.9. The first-order valence-electron chi connectivity index (χ1n) is 8.80. The standard InChI is InChI=1S/C19H22N4O3S2/c1-11(2)18(19(24)22-17-7-5-6-12(3)20-17)23-28(25,26)14-8-9-15-16(10-14)27-13(4)21-15/h5-11,18,23H,1-4H3,(H,20,22,24). The number of carbonyl (C=O) groups excluding carboxylic acids is 1. The molecule has 28 heavy (non-hydrogen) atoms. The van der Waals surface area contributed by atoms with Gasteiger partial charge >= 0.3 is 0 Å². The first-order chi connectivity index (χ1) is 13.2. The molecular weight excluding hydrogens is 396 g/mol. The van der Waals surface area contributed by atoms with E-state index >= 15 is 0 Å². The van der Waals surface area contributed by atoms with Crippen molar-refractivity contribution in [1.29, 1.82) is 0 Å². The second-order valence-corrected chi connectivity index (χ2v) is 9.81. The van der Waals surface area contributed by atoms with Crippen LogP contribution in [0.4, 0.5) is 5.82 Å². The van der Waals surface area contributed by atoms with Crippen LogP contribution < -0.4 is 10.0 Å². The van der Waals surface area contributed by atoms with E-state index in [0.717, 1.165) is 20.9 Å². The maximum atomic E-state index is 12.9. The zero-order valence-corrected chi connectivity index (χ0v) is 17.7. The number of rotatable bonds is 6. The summed E-state index contributed by atoms with van der Waals surface area (Å²) in [6.07, 6.45) is 0. The number of hydrogen-bond donors (Lipinski definition) is 2. The Morgan fingerprint density at radius 1 is 1.11 bits per heavy atom. The number of anilines is 1. The second-order valence-electron chi connectivity index (χ2n) is 6.86. The molecule has 0 saturated carbocycles. The van der Waals surface area contributed by atoms with Crippen molar-refractivity contribution < 1.29 is 13.2 Å². The van der Waals surface area contributed by atoms with Crippen LogP contribution in [0.5, 0.6) is 0 Å². The molecule has 0 bridgehead atoms. The number of amides is 1. The van der Waals surface area contributed by atoms with Crippen LogP contribution in [0.25, 0.3) is 10.2 Å². The number of carbonyl (C=O) groups is 1. The van der Waals surface area contributed by atoms with Crippen molar-refractivity contribution in [3.05, 3.63) is 47.1 Å². The number of benzene rings is 1. The Balaban J connectivity index is 1.84. The summed E-state index contributed by atoms with van der Waals surface area (Å²) < 4.78 is 29.1. The third-order valence-electron chi connectivity index (χ3n) is 4.15. The Bertz CT molecular complexity index is 1120. The molecule has 2 aromatic heterocycles. The minimum absolute atomic E-state index is 0.107. The fourth-order valence-electron chi connectivity index (χ4n) is 2.73. The largest absolute Gasteiger partial charge is 0.309 e. The van der Waals surface area contributed by atoms with E-state index in [2.05, 4.69) is 20.0 Å². The number of aromatic nitrogens is 2. The van der Waals surface area contributed by atoms with Gasteiger partial charge < -0.3 is 5.32 Å². The van der Waals surface area contributed by atoms with Gasteiger partial charge in [-0.2, -0.15) is 4.72 Å². The Morgan fingerprint density at radius 3 is 2.54 bits per heavy atom. The van der Waals surface area contributed by atoms with Gasteiger partial charge in [0.05, 0.1) is 20.1 Å². The highest BCUT2D eigenvalue weighted by molar-refractivity contribution is 7.89. The van der Waals surface area contributed by atoms with E-state index in [0.29, 0.717) is 5.82 Å². The minimum atomic E-state index is -3.88. The lowest BCUT2D eigenvalue weighted by atomic mass is 10.1. The average molecular weight is 419 g/mol. The van der Waals surface area contributed by atoms with Crippen molar-refractivity contribution in [2.75, 3.05) is 5.32 Å². The molecule has 1 aromatic carbocycles. The van der Waals surface area contributed by atoms with Gasteiger partial charge in [0.2, 0.25) is 15.9 Å². The summed E-state index contributed by atoms with van der Waals surface area (Å²) in [5.41, 5.74) is 1.51. The third kappa shape index (κ3) is 4.54. The molecule has 0 aliphatic heterocycles. The lowest BCUT2D eigenvalue weighted by Gasteiger charge is -2.21. The normalized spacial score (nSPS) is 13.0. The molecule has 1 unspecified atom stereocenters. The van der Waals surface area contributed by atoms with E-state index in [1.54, 1.807) is 38.1 Å². The Labute approximate surface area is 168 Å². The van der Waals surface area contributed by atoms with Crippen LogP contribution in [0.3, 0.4) is 0 Å². The Morgan fingerprint density at radius 2 is 1.86 bits per heavy atom. The molecule has 0 saturated heterocycles. The van der Waals surface area contributed by atoms with Crippen LogP contribution in [0.2, 0.25) is 0 Å². The van der Waals surface area contributed by atoms with Crippen LogP contribution in [-0.4, -0.2) is 30.3 Å². The van der Waals surface area contributed by atoms with Crippen molar-refractivity contribution in [3.8, 4) is 0 Å². The molecule has 0 aliphatic rings. The molecule has 3 aromatic rings. The van der Waals surface area contributed by atoms with E-state index in [-0.39, 0.29) is 10.8 Å². The van der Waals surface area contributed by atoms with Gasteiger partial charge in [-0.1, -0.05) is 19.9 Å². The number of pyridine rings is 1. The van der Waals surface area contributed by atoms with E-state index in [1.807, 2.05) is 19.9 Å². The molecule has 7 nitrogen and oxygen atoms in total. The number of aryl methyl sites for hydroxylation is 2. The molecule has 9 heteroatoms. The monoisotopic (exact) mass is 418 g/mol. The average Bonchev–Trinajstić information content (AvgIpc) is 2.98. The summed E-state index contributed by atoms with van der Waals surface area (Å²) in [6, 6.07) is 9.08. The van der Waals surface area contributed by atoms with Gasteiger partial charge in [-0.25, -0.2) is 18.4 Å². The van der Waals surface area contributed by atoms with Crippen LogP contribution in [0.15, 0.2) is 41.3 Å². The number of nitrogens with zero attached hydrogens (tertiary/aromatic N) is 2. The zero-order valence-electron chi connectivity index (χ0n) is 16.1. The van der Waals surface area contributed by atoms with Gasteiger partial charge in [0.15, 0.2) is 0 Å². The minimum Gasteiger partial charge on any atom is -0.309 e. The highest BCUT2D eigenvalue weighted by Gasteiger charge is 2.29. The van der Waals surface area contributed by atoms with Gasteiger partial charge in [-0.15, -0.1) is 11.3 Å². The predicted molar refractivity (Wildman–Crippen MR) is 111 cm³/mol. The van der Waals surface area contributed by atoms with Crippen LogP contribution in [0, 0.1) is 19.8 Å². The van der Waals surface area contributed by atoms with Crippen LogP contribution in [0.1, 0.15) is 24.5 Å². The summed E-state index contributed by atoms with van der Waals surface area (Å²) in [5, 5.41) is 3.55. The zero-order chi connectivity index (χ0) is 20.5. The first kappa shape index (κ1) is 20.4. The molecule has 1 amide bonds. The van der Waals surface area contributed by atoms with Crippen LogP contribution in [-0.2, 0) is 14.8 Å². The number of fused-ring (bicyclic) bond motifs is 1. The molecule has 0 spiro atoms. The van der Waals surface area contributed by atoms with E-state index in [1.165, 1.54) is 17.4 Å². The lowest BCUT2D eigenvalue weighted by Crippen LogP contribution is -2.47. The second kappa shape index (κ2) is 7.94. The third-order valence-corrected chi connectivity index (χ3v) is 6.52. The lowest BCUT2D eigenvalue weighted by molar-refractivity contribution is -0.118. The number of sulfonamides is 1. The predicted octanol–water partition coefficient (Wildman–Crippen LogP) is 3.25. The molecule has 2 N–H and O–H groups in total. The molecule has 148 valence electrons. The van der Waals surface area contributed by atoms with Gasteiger partial charge in [-0.3, -0.25) is 4.79 Å². The maximum Gasteiger partial charge on any atom is 0.243 e. The van der Waals surface area contributed by atoms with Gasteiger partial charge in [0.1, 0.15) is 11.9 Å². The topological polar surface area (TPSA) is 101 Å². The Hall–Kier alpha value is -2.36. The van der Waals surface area contributed by atoms with Gasteiger partial charge in [-0.05, 0) is 50.1 Å².